The molecule has 0 spiro atoms. The third-order valence-electron chi connectivity index (χ3n) is 2.90. The lowest BCUT2D eigenvalue weighted by Gasteiger charge is -2.25. The van der Waals surface area contributed by atoms with Gasteiger partial charge in [0, 0.05) is 12.7 Å². The van der Waals surface area contributed by atoms with E-state index in [1.807, 2.05) is 13.8 Å². The van der Waals surface area contributed by atoms with Crippen molar-refractivity contribution in [2.24, 2.45) is 5.92 Å². The second kappa shape index (κ2) is 6.78. The molecule has 2 N–H and O–H groups in total. The van der Waals surface area contributed by atoms with E-state index >= 15 is 0 Å². The maximum absolute atomic E-state index is 11.8. The van der Waals surface area contributed by atoms with Gasteiger partial charge >= 0.3 is 6.09 Å². The zero-order chi connectivity index (χ0) is 14.4. The van der Waals surface area contributed by atoms with Crippen molar-refractivity contribution >= 4 is 18.1 Å². The molecule has 1 aromatic rings. The quantitative estimate of drug-likeness (QED) is 0.652. The predicted molar refractivity (Wildman–Crippen MR) is 73.5 cm³/mol. The molecule has 0 fully saturated rings. The molecule has 0 aliphatic heterocycles. The molecule has 0 aliphatic rings. The van der Waals surface area contributed by atoms with E-state index < -0.39 is 12.1 Å². The highest BCUT2D eigenvalue weighted by atomic mass is 16.6. The first-order chi connectivity index (χ1) is 8.95. The highest BCUT2D eigenvalue weighted by Gasteiger charge is 2.23. The highest BCUT2D eigenvalue weighted by molar-refractivity contribution is 5.73. The molecular formula is C14H20N2O3. The first-order valence-electron chi connectivity index (χ1n) is 6.15. The van der Waals surface area contributed by atoms with Crippen molar-refractivity contribution in [3.63, 3.8) is 0 Å². The van der Waals surface area contributed by atoms with Gasteiger partial charge in [-0.3, -0.25) is 0 Å². The van der Waals surface area contributed by atoms with Crippen molar-refractivity contribution in [2.45, 2.75) is 26.5 Å². The number of nitrogen functional groups attached to an aromatic ring is 1. The van der Waals surface area contributed by atoms with Gasteiger partial charge in [0.25, 0.3) is 0 Å². The lowest BCUT2D eigenvalue weighted by molar-refractivity contribution is -0.112. The van der Waals surface area contributed by atoms with Crippen LogP contribution in [-0.4, -0.2) is 30.4 Å². The Kier molecular flexibility index (Phi) is 5.36. The Hall–Kier alpha value is -2.04. The zero-order valence-electron chi connectivity index (χ0n) is 11.5. The molecule has 0 unspecified atom stereocenters. The van der Waals surface area contributed by atoms with Gasteiger partial charge in [0.05, 0.1) is 6.04 Å². The highest BCUT2D eigenvalue weighted by Crippen LogP contribution is 2.11. The van der Waals surface area contributed by atoms with Crippen LogP contribution in [0.15, 0.2) is 24.3 Å². The normalized spacial score (nSPS) is 12.0. The Morgan fingerprint density at radius 1 is 1.37 bits per heavy atom. The second-order valence-corrected chi connectivity index (χ2v) is 4.78. The van der Waals surface area contributed by atoms with Crippen LogP contribution in [0.5, 0.6) is 0 Å². The van der Waals surface area contributed by atoms with Crippen LogP contribution in [0, 0.1) is 5.92 Å². The van der Waals surface area contributed by atoms with E-state index in [2.05, 4.69) is 0 Å². The van der Waals surface area contributed by atoms with Crippen molar-refractivity contribution in [2.75, 3.05) is 12.8 Å². The van der Waals surface area contributed by atoms with E-state index in [0.29, 0.717) is 5.69 Å². The van der Waals surface area contributed by atoms with Gasteiger partial charge in [0.1, 0.15) is 12.9 Å². The molecule has 5 heteroatoms. The monoisotopic (exact) mass is 264 g/mol. The molecule has 0 saturated heterocycles. The smallest absolute Gasteiger partial charge is 0.410 e. The minimum atomic E-state index is -0.511. The molecule has 1 atom stereocenters. The third kappa shape index (κ3) is 4.28. The van der Waals surface area contributed by atoms with Crippen LogP contribution in [0.3, 0.4) is 0 Å². The molecule has 0 heterocycles. The van der Waals surface area contributed by atoms with Crippen LogP contribution >= 0.6 is 0 Å². The van der Waals surface area contributed by atoms with E-state index in [-0.39, 0.29) is 12.5 Å². The Balaban J connectivity index is 2.55. The summed E-state index contributed by atoms with van der Waals surface area (Å²) in [4.78, 5) is 24.1. The molecule has 1 rings (SSSR count). The summed E-state index contributed by atoms with van der Waals surface area (Å²) in [5.74, 6) is 0.0478. The molecule has 0 saturated carbocycles. The van der Waals surface area contributed by atoms with Crippen molar-refractivity contribution in [3.05, 3.63) is 29.8 Å². The van der Waals surface area contributed by atoms with E-state index in [0.717, 1.165) is 11.8 Å². The van der Waals surface area contributed by atoms with Crippen LogP contribution in [0.4, 0.5) is 10.5 Å². The molecule has 1 aromatic carbocycles. The Morgan fingerprint density at radius 2 is 1.95 bits per heavy atom. The number of hydrogen-bond acceptors (Lipinski definition) is 4. The van der Waals surface area contributed by atoms with Gasteiger partial charge in [-0.05, 0) is 23.6 Å². The largest absolute Gasteiger partial charge is 0.445 e. The number of rotatable bonds is 5. The van der Waals surface area contributed by atoms with E-state index in [1.165, 1.54) is 4.90 Å². The zero-order valence-corrected chi connectivity index (χ0v) is 11.5. The van der Waals surface area contributed by atoms with Crippen molar-refractivity contribution in [1.82, 2.24) is 4.90 Å². The van der Waals surface area contributed by atoms with E-state index in [1.54, 1.807) is 31.3 Å². The molecule has 104 valence electrons. The average Bonchev–Trinajstić information content (AvgIpc) is 2.38. The van der Waals surface area contributed by atoms with Crippen molar-refractivity contribution < 1.29 is 14.3 Å². The molecule has 1 amide bonds. The number of anilines is 1. The number of carbonyl (C=O) groups is 2. The standard InChI is InChI=1S/C14H20N2O3/c1-10(2)13(8-17)16(3)14(18)19-9-11-4-6-12(15)7-5-11/h4-8,10,13H,9,15H2,1-3H3/t13-/m1/s1. The molecular weight excluding hydrogens is 244 g/mol. The number of benzene rings is 1. The Morgan fingerprint density at radius 3 is 2.42 bits per heavy atom. The fraction of sp³-hybridized carbons (Fsp3) is 0.429. The van der Waals surface area contributed by atoms with Gasteiger partial charge in [-0.2, -0.15) is 0 Å². The SMILES string of the molecule is CC(C)[C@@H](C=O)N(C)C(=O)OCc1ccc(N)cc1. The molecule has 0 bridgehead atoms. The van der Waals surface area contributed by atoms with Crippen LogP contribution in [-0.2, 0) is 16.1 Å². The van der Waals surface area contributed by atoms with Gasteiger partial charge in [-0.25, -0.2) is 4.79 Å². The summed E-state index contributed by atoms with van der Waals surface area (Å²) in [5, 5.41) is 0. The third-order valence-corrected chi connectivity index (χ3v) is 2.90. The lowest BCUT2D eigenvalue weighted by Crippen LogP contribution is -2.41. The van der Waals surface area contributed by atoms with E-state index in [9.17, 15) is 9.59 Å². The number of likely N-dealkylation sites (N-methyl/N-ethyl adjacent to an activating group) is 1. The number of nitrogens with two attached hydrogens (primary N) is 1. The number of nitrogens with zero attached hydrogens (tertiary/aromatic N) is 1. The molecule has 0 aromatic heterocycles. The summed E-state index contributed by atoms with van der Waals surface area (Å²) in [6, 6.07) is 6.61. The van der Waals surface area contributed by atoms with Crippen LogP contribution in [0.2, 0.25) is 0 Å². The fourth-order valence-corrected chi connectivity index (χ4v) is 1.68. The van der Waals surface area contributed by atoms with Gasteiger partial charge in [-0.15, -0.1) is 0 Å². The number of hydrogen-bond donors (Lipinski definition) is 1. The summed E-state index contributed by atoms with van der Waals surface area (Å²) in [7, 11) is 1.56. The fourth-order valence-electron chi connectivity index (χ4n) is 1.68. The van der Waals surface area contributed by atoms with Gasteiger partial charge in [0.15, 0.2) is 0 Å². The van der Waals surface area contributed by atoms with Crippen molar-refractivity contribution in [1.29, 1.82) is 0 Å². The summed E-state index contributed by atoms with van der Waals surface area (Å²) < 4.78 is 5.15. The van der Waals surface area contributed by atoms with Gasteiger partial charge in [0.2, 0.25) is 0 Å². The number of aldehydes is 1. The van der Waals surface area contributed by atoms with Crippen LogP contribution in [0.1, 0.15) is 19.4 Å². The Labute approximate surface area is 113 Å². The second-order valence-electron chi connectivity index (χ2n) is 4.78. The Bertz CT molecular complexity index is 429. The maximum Gasteiger partial charge on any atom is 0.410 e. The summed E-state index contributed by atoms with van der Waals surface area (Å²) >= 11 is 0. The first-order valence-corrected chi connectivity index (χ1v) is 6.15. The van der Waals surface area contributed by atoms with Gasteiger partial charge < -0.3 is 20.2 Å². The topological polar surface area (TPSA) is 72.6 Å². The average molecular weight is 264 g/mol. The molecule has 5 nitrogen and oxygen atoms in total. The molecule has 0 radical (unpaired) electrons. The first kappa shape index (κ1) is 15.0. The summed E-state index contributed by atoms with van der Waals surface area (Å²) in [5.41, 5.74) is 7.08. The molecule has 19 heavy (non-hydrogen) atoms. The van der Waals surface area contributed by atoms with E-state index in [4.69, 9.17) is 10.5 Å². The van der Waals surface area contributed by atoms with Crippen LogP contribution in [0.25, 0.3) is 0 Å². The predicted octanol–water partition coefficient (Wildman–Crippen LogP) is 2.06. The minimum absolute atomic E-state index is 0.0478. The van der Waals surface area contributed by atoms with Crippen LogP contribution < -0.4 is 5.73 Å². The number of amides is 1. The number of carbonyl (C=O) groups excluding carboxylic acids is 2. The summed E-state index contributed by atoms with van der Waals surface area (Å²) in [6.45, 7) is 3.92. The molecule has 0 aliphatic carbocycles. The number of ether oxygens (including phenoxy) is 1. The minimum Gasteiger partial charge on any atom is -0.445 e. The van der Waals surface area contributed by atoms with Crippen molar-refractivity contribution in [3.8, 4) is 0 Å². The van der Waals surface area contributed by atoms with Gasteiger partial charge in [-0.1, -0.05) is 26.0 Å². The maximum atomic E-state index is 11.8. The summed E-state index contributed by atoms with van der Waals surface area (Å²) in [6.07, 6.45) is 0.248. The lowest BCUT2D eigenvalue weighted by atomic mass is 10.1.